The summed E-state index contributed by atoms with van der Waals surface area (Å²) >= 11 is 2.25. The lowest BCUT2D eigenvalue weighted by Gasteiger charge is -2.10. The van der Waals surface area contributed by atoms with E-state index >= 15 is 0 Å². The van der Waals surface area contributed by atoms with Crippen LogP contribution in [0.25, 0.3) is 0 Å². The molecule has 1 aromatic rings. The highest BCUT2D eigenvalue weighted by Gasteiger charge is 2.22. The summed E-state index contributed by atoms with van der Waals surface area (Å²) in [6.45, 7) is 0. The molecule has 2 N–H and O–H groups in total. The molecule has 3 nitrogen and oxygen atoms in total. The Morgan fingerprint density at radius 1 is 1.47 bits per heavy atom. The molecule has 0 amide bonds. The number of anilines is 1. The molecule has 0 fully saturated rings. The van der Waals surface area contributed by atoms with Gasteiger partial charge in [-0.3, -0.25) is 0 Å². The van der Waals surface area contributed by atoms with Crippen molar-refractivity contribution in [3.8, 4) is 0 Å². The highest BCUT2D eigenvalue weighted by molar-refractivity contribution is 14.1. The molecule has 0 atom stereocenters. The number of carbonyl (C=O) groups is 1. The van der Waals surface area contributed by atoms with Gasteiger partial charge in [0.1, 0.15) is 0 Å². The van der Waals surface area contributed by atoms with Crippen molar-refractivity contribution in [3.63, 3.8) is 0 Å². The highest BCUT2D eigenvalue weighted by atomic mass is 127. The summed E-state index contributed by atoms with van der Waals surface area (Å²) in [5.74, 6) is -0.347. The monoisotopic (exact) mass is 317 g/mol. The molecule has 0 aliphatic heterocycles. The van der Waals surface area contributed by atoms with Crippen molar-refractivity contribution < 1.29 is 9.53 Å². The van der Waals surface area contributed by atoms with Crippen LogP contribution in [0.1, 0.15) is 27.9 Å². The van der Waals surface area contributed by atoms with Gasteiger partial charge in [0.2, 0.25) is 0 Å². The normalized spacial score (nSPS) is 13.7. The van der Waals surface area contributed by atoms with Crippen LogP contribution in [0.15, 0.2) is 6.07 Å². The predicted molar refractivity (Wildman–Crippen MR) is 66.9 cm³/mol. The average Bonchev–Trinajstić information content (AvgIpc) is 2.71. The molecule has 80 valence electrons. The molecule has 1 aromatic carbocycles. The molecule has 0 radical (unpaired) electrons. The van der Waals surface area contributed by atoms with E-state index in [0.29, 0.717) is 11.3 Å². The van der Waals surface area contributed by atoms with Crippen molar-refractivity contribution >= 4 is 34.2 Å². The smallest absolute Gasteiger partial charge is 0.340 e. The fourth-order valence-electron chi connectivity index (χ4n) is 2.04. The zero-order valence-corrected chi connectivity index (χ0v) is 10.6. The highest BCUT2D eigenvalue weighted by Crippen LogP contribution is 2.33. The number of esters is 1. The summed E-state index contributed by atoms with van der Waals surface area (Å²) in [5.41, 5.74) is 9.53. The first-order valence-electron chi connectivity index (χ1n) is 4.83. The second-order valence-electron chi connectivity index (χ2n) is 3.62. The first-order chi connectivity index (χ1) is 7.15. The molecule has 0 heterocycles. The van der Waals surface area contributed by atoms with Crippen molar-refractivity contribution in [1.29, 1.82) is 0 Å². The number of methoxy groups -OCH3 is 1. The minimum absolute atomic E-state index is 0.347. The van der Waals surface area contributed by atoms with Gasteiger partial charge in [0.15, 0.2) is 0 Å². The molecular formula is C11H12INO2. The average molecular weight is 317 g/mol. The largest absolute Gasteiger partial charge is 0.465 e. The molecular weight excluding hydrogens is 305 g/mol. The molecule has 0 unspecified atom stereocenters. The van der Waals surface area contributed by atoms with Gasteiger partial charge >= 0.3 is 5.97 Å². The number of nitrogen functional groups attached to an aromatic ring is 1. The minimum atomic E-state index is -0.347. The second-order valence-corrected chi connectivity index (χ2v) is 4.78. The Hall–Kier alpha value is -0.780. The SMILES string of the molecule is COC(=O)c1cc(I)c2c(c1N)CCC2. The van der Waals surface area contributed by atoms with Crippen LogP contribution >= 0.6 is 22.6 Å². The number of ether oxygens (including phenoxy) is 1. The van der Waals surface area contributed by atoms with Crippen LogP contribution in [-0.2, 0) is 17.6 Å². The molecule has 0 aromatic heterocycles. The van der Waals surface area contributed by atoms with E-state index < -0.39 is 0 Å². The Labute approximate surface area is 102 Å². The minimum Gasteiger partial charge on any atom is -0.465 e. The molecule has 0 spiro atoms. The summed E-state index contributed by atoms with van der Waals surface area (Å²) in [7, 11) is 1.38. The zero-order chi connectivity index (χ0) is 11.0. The van der Waals surface area contributed by atoms with Crippen LogP contribution < -0.4 is 5.73 Å². The van der Waals surface area contributed by atoms with Crippen LogP contribution in [0.4, 0.5) is 5.69 Å². The quantitative estimate of drug-likeness (QED) is 0.490. The van der Waals surface area contributed by atoms with Crippen LogP contribution in [0.2, 0.25) is 0 Å². The predicted octanol–water partition coefficient (Wildman–Crippen LogP) is 2.15. The van der Waals surface area contributed by atoms with Gasteiger partial charge in [-0.1, -0.05) is 0 Å². The maximum Gasteiger partial charge on any atom is 0.340 e. The molecule has 4 heteroatoms. The van der Waals surface area contributed by atoms with Crippen LogP contribution in [0.5, 0.6) is 0 Å². The maximum atomic E-state index is 11.5. The van der Waals surface area contributed by atoms with Gasteiger partial charge in [-0.2, -0.15) is 0 Å². The molecule has 0 saturated carbocycles. The Kier molecular flexibility index (Phi) is 2.86. The lowest BCUT2D eigenvalue weighted by atomic mass is 10.0. The standard InChI is InChI=1S/C11H12INO2/c1-15-11(14)8-5-9(12)6-3-2-4-7(6)10(8)13/h5H,2-4,13H2,1H3. The lowest BCUT2D eigenvalue weighted by molar-refractivity contribution is 0.0602. The van der Waals surface area contributed by atoms with E-state index in [1.165, 1.54) is 12.7 Å². The first-order valence-corrected chi connectivity index (χ1v) is 5.91. The third-order valence-corrected chi connectivity index (χ3v) is 3.76. The van der Waals surface area contributed by atoms with Crippen molar-refractivity contribution in [2.45, 2.75) is 19.3 Å². The molecule has 0 bridgehead atoms. The summed E-state index contributed by atoms with van der Waals surface area (Å²) < 4.78 is 5.83. The van der Waals surface area contributed by atoms with Gasteiger partial charge in [-0.25, -0.2) is 4.79 Å². The maximum absolute atomic E-state index is 11.5. The van der Waals surface area contributed by atoms with E-state index in [1.54, 1.807) is 0 Å². The van der Waals surface area contributed by atoms with Gasteiger partial charge in [-0.15, -0.1) is 0 Å². The van der Waals surface area contributed by atoms with Crippen LogP contribution in [0.3, 0.4) is 0 Å². The zero-order valence-electron chi connectivity index (χ0n) is 8.47. The number of hydrogen-bond acceptors (Lipinski definition) is 3. The summed E-state index contributed by atoms with van der Waals surface area (Å²) in [4.78, 5) is 11.5. The number of nitrogens with two attached hydrogens (primary N) is 1. The van der Waals surface area contributed by atoms with Gasteiger partial charge in [0.05, 0.1) is 12.7 Å². The fraction of sp³-hybridized carbons (Fsp3) is 0.364. The van der Waals surface area contributed by atoms with Crippen molar-refractivity contribution in [1.82, 2.24) is 0 Å². The molecule has 2 rings (SSSR count). The Morgan fingerprint density at radius 3 is 2.80 bits per heavy atom. The van der Waals surface area contributed by atoms with Gasteiger partial charge in [-0.05, 0) is 59.0 Å². The molecule has 1 aliphatic rings. The second kappa shape index (κ2) is 4.00. The number of benzene rings is 1. The van der Waals surface area contributed by atoms with E-state index in [9.17, 15) is 4.79 Å². The van der Waals surface area contributed by atoms with E-state index in [0.717, 1.165) is 28.4 Å². The van der Waals surface area contributed by atoms with E-state index in [1.807, 2.05) is 6.07 Å². The molecule has 0 saturated heterocycles. The van der Waals surface area contributed by atoms with E-state index in [-0.39, 0.29) is 5.97 Å². The van der Waals surface area contributed by atoms with Crippen LogP contribution in [0, 0.1) is 3.57 Å². The van der Waals surface area contributed by atoms with Gasteiger partial charge in [0.25, 0.3) is 0 Å². The third-order valence-electron chi connectivity index (χ3n) is 2.80. The Morgan fingerprint density at radius 2 is 2.13 bits per heavy atom. The number of hydrogen-bond donors (Lipinski definition) is 1. The Bertz CT molecular complexity index is 429. The summed E-state index contributed by atoms with van der Waals surface area (Å²) in [5, 5.41) is 0. The van der Waals surface area contributed by atoms with E-state index in [4.69, 9.17) is 10.5 Å². The lowest BCUT2D eigenvalue weighted by Crippen LogP contribution is -2.09. The topological polar surface area (TPSA) is 52.3 Å². The fourth-order valence-corrected chi connectivity index (χ4v) is 2.94. The van der Waals surface area contributed by atoms with Crippen molar-refractivity contribution in [3.05, 3.63) is 26.3 Å². The van der Waals surface area contributed by atoms with Crippen molar-refractivity contribution in [2.75, 3.05) is 12.8 Å². The van der Waals surface area contributed by atoms with Crippen LogP contribution in [-0.4, -0.2) is 13.1 Å². The number of fused-ring (bicyclic) bond motifs is 1. The number of rotatable bonds is 1. The molecule has 15 heavy (non-hydrogen) atoms. The summed E-state index contributed by atoms with van der Waals surface area (Å²) in [6.07, 6.45) is 3.17. The number of carbonyl (C=O) groups excluding carboxylic acids is 1. The molecule has 1 aliphatic carbocycles. The third kappa shape index (κ3) is 1.71. The van der Waals surface area contributed by atoms with Gasteiger partial charge < -0.3 is 10.5 Å². The van der Waals surface area contributed by atoms with Crippen molar-refractivity contribution in [2.24, 2.45) is 0 Å². The van der Waals surface area contributed by atoms with Gasteiger partial charge in [0, 0.05) is 9.26 Å². The Balaban J connectivity index is 2.59. The summed E-state index contributed by atoms with van der Waals surface area (Å²) in [6, 6.07) is 1.83. The van der Waals surface area contributed by atoms with E-state index in [2.05, 4.69) is 22.6 Å². The number of halogens is 1. The first kappa shape index (κ1) is 10.7.